The Labute approximate surface area is 103 Å². The van der Waals surface area contributed by atoms with Crippen molar-refractivity contribution in [1.82, 2.24) is 10.2 Å². The Balaban J connectivity index is 2.40. The average molecular weight is 244 g/mol. The van der Waals surface area contributed by atoms with Crippen LogP contribution in [0.1, 0.15) is 27.2 Å². The molecule has 1 heterocycles. The number of hydrogen-bond donors (Lipinski definition) is 1. The highest BCUT2D eigenvalue weighted by Crippen LogP contribution is 2.14. The highest BCUT2D eigenvalue weighted by atomic mass is 16.6. The number of ether oxygens (including phenoxy) is 2. The summed E-state index contributed by atoms with van der Waals surface area (Å²) in [5.41, 5.74) is -0.435. The number of rotatable bonds is 3. The van der Waals surface area contributed by atoms with Crippen LogP contribution in [-0.4, -0.2) is 56.0 Å². The standard InChI is InChI=1S/C12H24N2O3/c1-12(2,3)17-11(15)14-7-8-16-10(9-14)5-6-13-4/h10,13H,5-9H2,1-4H3. The van der Waals surface area contributed by atoms with Crippen LogP contribution in [0.25, 0.3) is 0 Å². The van der Waals surface area contributed by atoms with Gasteiger partial charge in [-0.2, -0.15) is 0 Å². The Hall–Kier alpha value is -0.810. The van der Waals surface area contributed by atoms with Crippen LogP contribution in [0.3, 0.4) is 0 Å². The molecule has 17 heavy (non-hydrogen) atoms. The van der Waals surface area contributed by atoms with Gasteiger partial charge >= 0.3 is 6.09 Å². The number of morpholine rings is 1. The number of carbonyl (C=O) groups is 1. The molecule has 0 bridgehead atoms. The lowest BCUT2D eigenvalue weighted by Crippen LogP contribution is -2.48. The summed E-state index contributed by atoms with van der Waals surface area (Å²) in [6.45, 7) is 8.36. The molecule has 1 aliphatic rings. The predicted molar refractivity (Wildman–Crippen MR) is 66.1 cm³/mol. The monoisotopic (exact) mass is 244 g/mol. The minimum Gasteiger partial charge on any atom is -0.444 e. The number of hydrogen-bond acceptors (Lipinski definition) is 4. The maximum atomic E-state index is 11.9. The van der Waals surface area contributed by atoms with Gasteiger partial charge in [-0.15, -0.1) is 0 Å². The Kier molecular flexibility index (Phi) is 5.21. The van der Waals surface area contributed by atoms with E-state index in [2.05, 4.69) is 5.32 Å². The summed E-state index contributed by atoms with van der Waals surface area (Å²) in [4.78, 5) is 13.6. The molecule has 1 unspecified atom stereocenters. The molecule has 100 valence electrons. The molecule has 0 radical (unpaired) electrons. The van der Waals surface area contributed by atoms with Crippen molar-refractivity contribution >= 4 is 6.09 Å². The zero-order valence-corrected chi connectivity index (χ0v) is 11.3. The molecule has 0 aromatic rings. The fourth-order valence-electron chi connectivity index (χ4n) is 1.69. The van der Waals surface area contributed by atoms with E-state index in [1.807, 2.05) is 27.8 Å². The number of amides is 1. The smallest absolute Gasteiger partial charge is 0.410 e. The van der Waals surface area contributed by atoms with Crippen molar-refractivity contribution in [2.24, 2.45) is 0 Å². The molecule has 1 saturated heterocycles. The second-order valence-corrected chi connectivity index (χ2v) is 5.31. The van der Waals surface area contributed by atoms with Gasteiger partial charge in [0, 0.05) is 6.54 Å². The normalized spacial score (nSPS) is 21.4. The predicted octanol–water partition coefficient (Wildman–Crippen LogP) is 1.23. The highest BCUT2D eigenvalue weighted by Gasteiger charge is 2.27. The third-order valence-electron chi connectivity index (χ3n) is 2.51. The SMILES string of the molecule is CNCCC1CN(C(=O)OC(C)(C)C)CCO1. The number of nitrogens with one attached hydrogen (secondary N) is 1. The van der Waals surface area contributed by atoms with Gasteiger partial charge in [-0.25, -0.2) is 4.79 Å². The average Bonchev–Trinajstić information content (AvgIpc) is 2.24. The van der Waals surface area contributed by atoms with Gasteiger partial charge in [-0.1, -0.05) is 0 Å². The first kappa shape index (κ1) is 14.3. The van der Waals surface area contributed by atoms with Gasteiger partial charge in [0.15, 0.2) is 0 Å². The first-order chi connectivity index (χ1) is 7.92. The third kappa shape index (κ3) is 5.37. The van der Waals surface area contributed by atoms with Crippen molar-refractivity contribution in [2.75, 3.05) is 33.3 Å². The molecule has 0 aromatic carbocycles. The second kappa shape index (κ2) is 6.21. The van der Waals surface area contributed by atoms with Crippen molar-refractivity contribution in [3.8, 4) is 0 Å². The van der Waals surface area contributed by atoms with Gasteiger partial charge in [0.05, 0.1) is 19.3 Å². The first-order valence-electron chi connectivity index (χ1n) is 6.16. The summed E-state index contributed by atoms with van der Waals surface area (Å²) < 4.78 is 10.9. The van der Waals surface area contributed by atoms with Crippen LogP contribution >= 0.6 is 0 Å². The lowest BCUT2D eigenvalue weighted by Gasteiger charge is -2.34. The third-order valence-corrected chi connectivity index (χ3v) is 2.51. The summed E-state index contributed by atoms with van der Waals surface area (Å²) in [6, 6.07) is 0. The molecule has 1 atom stereocenters. The summed E-state index contributed by atoms with van der Waals surface area (Å²) in [5.74, 6) is 0. The van der Waals surface area contributed by atoms with E-state index in [0.717, 1.165) is 13.0 Å². The molecule has 1 rings (SSSR count). The minimum atomic E-state index is -0.435. The molecule has 1 N–H and O–H groups in total. The van der Waals surface area contributed by atoms with Crippen molar-refractivity contribution in [1.29, 1.82) is 0 Å². The fraction of sp³-hybridized carbons (Fsp3) is 0.917. The van der Waals surface area contributed by atoms with Crippen LogP contribution in [0.5, 0.6) is 0 Å². The second-order valence-electron chi connectivity index (χ2n) is 5.31. The lowest BCUT2D eigenvalue weighted by atomic mass is 10.2. The van der Waals surface area contributed by atoms with Gasteiger partial charge in [-0.05, 0) is 40.8 Å². The molecule has 0 spiro atoms. The molecular weight excluding hydrogens is 220 g/mol. The van der Waals surface area contributed by atoms with Gasteiger partial charge in [-0.3, -0.25) is 0 Å². The Bertz CT molecular complexity index is 251. The lowest BCUT2D eigenvalue weighted by molar-refractivity contribution is -0.0440. The fourth-order valence-corrected chi connectivity index (χ4v) is 1.69. The van der Waals surface area contributed by atoms with Crippen molar-refractivity contribution < 1.29 is 14.3 Å². The van der Waals surface area contributed by atoms with E-state index in [9.17, 15) is 4.79 Å². The van der Waals surface area contributed by atoms with Crippen LogP contribution in [0.4, 0.5) is 4.79 Å². The van der Waals surface area contributed by atoms with E-state index >= 15 is 0 Å². The Morgan fingerprint density at radius 1 is 1.53 bits per heavy atom. The maximum absolute atomic E-state index is 11.9. The van der Waals surface area contributed by atoms with Crippen molar-refractivity contribution in [2.45, 2.75) is 38.9 Å². The Morgan fingerprint density at radius 3 is 2.82 bits per heavy atom. The minimum absolute atomic E-state index is 0.115. The van der Waals surface area contributed by atoms with Crippen molar-refractivity contribution in [3.05, 3.63) is 0 Å². The van der Waals surface area contributed by atoms with E-state index in [4.69, 9.17) is 9.47 Å². The molecule has 1 aliphatic heterocycles. The van der Waals surface area contributed by atoms with Crippen LogP contribution in [0, 0.1) is 0 Å². The Morgan fingerprint density at radius 2 is 2.24 bits per heavy atom. The summed E-state index contributed by atoms with van der Waals surface area (Å²) in [6.07, 6.45) is 0.787. The largest absolute Gasteiger partial charge is 0.444 e. The zero-order valence-electron chi connectivity index (χ0n) is 11.3. The topological polar surface area (TPSA) is 50.8 Å². The molecular formula is C12H24N2O3. The van der Waals surface area contributed by atoms with Crippen LogP contribution in [0.15, 0.2) is 0 Å². The summed E-state index contributed by atoms with van der Waals surface area (Å²) in [7, 11) is 1.91. The van der Waals surface area contributed by atoms with Crippen LogP contribution in [-0.2, 0) is 9.47 Å². The van der Waals surface area contributed by atoms with Crippen molar-refractivity contribution in [3.63, 3.8) is 0 Å². The molecule has 5 heteroatoms. The molecule has 1 amide bonds. The van der Waals surface area contributed by atoms with Crippen LogP contribution < -0.4 is 5.32 Å². The van der Waals surface area contributed by atoms with Gasteiger partial charge in [0.25, 0.3) is 0 Å². The van der Waals surface area contributed by atoms with E-state index in [-0.39, 0.29) is 12.2 Å². The quantitative estimate of drug-likeness (QED) is 0.811. The van der Waals surface area contributed by atoms with Crippen LogP contribution in [0.2, 0.25) is 0 Å². The van der Waals surface area contributed by atoms with E-state index in [1.54, 1.807) is 4.90 Å². The molecule has 0 aromatic heterocycles. The number of carbonyl (C=O) groups excluding carboxylic acids is 1. The first-order valence-corrected chi connectivity index (χ1v) is 6.16. The summed E-state index contributed by atoms with van der Waals surface area (Å²) >= 11 is 0. The molecule has 0 aliphatic carbocycles. The van der Waals surface area contributed by atoms with E-state index in [0.29, 0.717) is 19.7 Å². The zero-order chi connectivity index (χ0) is 12.9. The number of nitrogens with zero attached hydrogens (tertiary/aromatic N) is 1. The molecule has 0 saturated carbocycles. The molecule has 5 nitrogen and oxygen atoms in total. The maximum Gasteiger partial charge on any atom is 0.410 e. The van der Waals surface area contributed by atoms with Gasteiger partial charge in [0.1, 0.15) is 5.60 Å². The van der Waals surface area contributed by atoms with E-state index < -0.39 is 5.60 Å². The van der Waals surface area contributed by atoms with Gasteiger partial charge in [0.2, 0.25) is 0 Å². The molecule has 1 fully saturated rings. The van der Waals surface area contributed by atoms with Gasteiger partial charge < -0.3 is 19.7 Å². The van der Waals surface area contributed by atoms with E-state index in [1.165, 1.54) is 0 Å². The highest BCUT2D eigenvalue weighted by molar-refractivity contribution is 5.68. The summed E-state index contributed by atoms with van der Waals surface area (Å²) in [5, 5.41) is 3.08.